The molecular formula is C27H31F2N5O2. The number of aliphatic hydroxyl groups excluding tert-OH is 1. The van der Waals surface area contributed by atoms with Gasteiger partial charge in [0, 0.05) is 49.2 Å². The molecule has 1 atom stereocenters. The van der Waals surface area contributed by atoms with Gasteiger partial charge in [-0.1, -0.05) is 0 Å². The summed E-state index contributed by atoms with van der Waals surface area (Å²) in [6, 6.07) is 7.80. The van der Waals surface area contributed by atoms with Crippen LogP contribution < -0.4 is 10.2 Å². The number of pyridine rings is 1. The summed E-state index contributed by atoms with van der Waals surface area (Å²) in [6.07, 6.45) is 8.69. The maximum absolute atomic E-state index is 14.5. The van der Waals surface area contributed by atoms with E-state index in [1.165, 1.54) is 12.1 Å². The van der Waals surface area contributed by atoms with Crippen molar-refractivity contribution >= 4 is 17.1 Å². The van der Waals surface area contributed by atoms with E-state index in [9.17, 15) is 18.7 Å². The normalized spacial score (nSPS) is 25.3. The number of halogens is 2. The summed E-state index contributed by atoms with van der Waals surface area (Å²) in [7, 11) is 0. The molecule has 1 amide bonds. The van der Waals surface area contributed by atoms with Crippen LogP contribution in [0.5, 0.6) is 0 Å². The minimum Gasteiger partial charge on any atom is -0.390 e. The Hall–Kier alpha value is -3.04. The highest BCUT2D eigenvalue weighted by molar-refractivity contribution is 6.01. The van der Waals surface area contributed by atoms with Crippen LogP contribution in [0.4, 0.5) is 14.5 Å². The minimum atomic E-state index is -0.444. The van der Waals surface area contributed by atoms with Crippen molar-refractivity contribution in [2.45, 2.75) is 62.8 Å². The first kappa shape index (κ1) is 23.4. The zero-order chi connectivity index (χ0) is 24.8. The van der Waals surface area contributed by atoms with Gasteiger partial charge in [0.25, 0.3) is 5.91 Å². The highest BCUT2D eigenvalue weighted by Gasteiger charge is 2.34. The van der Waals surface area contributed by atoms with Gasteiger partial charge in [0.15, 0.2) is 0 Å². The fourth-order valence-corrected chi connectivity index (χ4v) is 6.13. The number of carbonyl (C=O) groups excluding carboxylic acids is 1. The number of rotatable bonds is 5. The Bertz CT molecular complexity index is 1270. The molecule has 1 aliphatic carbocycles. The van der Waals surface area contributed by atoms with Crippen molar-refractivity contribution in [3.8, 4) is 0 Å². The smallest absolute Gasteiger partial charge is 0.255 e. The van der Waals surface area contributed by atoms with Gasteiger partial charge in [-0.3, -0.25) is 9.69 Å². The number of β-amino-alcohol motifs (C(OH)–C–C–N with tert-alkyl or cyclic N) is 1. The summed E-state index contributed by atoms with van der Waals surface area (Å²) in [4.78, 5) is 17.6. The van der Waals surface area contributed by atoms with E-state index in [-0.39, 0.29) is 24.1 Å². The largest absolute Gasteiger partial charge is 0.390 e. The first-order valence-corrected chi connectivity index (χ1v) is 12.9. The van der Waals surface area contributed by atoms with Crippen molar-refractivity contribution in [1.29, 1.82) is 0 Å². The number of benzene rings is 1. The van der Waals surface area contributed by atoms with Gasteiger partial charge in [-0.05, 0) is 68.9 Å². The molecule has 0 spiro atoms. The standard InChI is InChI=1S/C27H31F2N5O2/c28-17-3-8-24(29)22(12-17)25-2-1-10-33(25)20-9-11-34-26(13-20)23(14-30-34)27(36)31-18-4-6-19(7-5-18)32-15-21(35)16-32/h3,8-9,11-14,18-19,21,25,35H,1-2,4-7,10,15-16H2,(H,31,36). The summed E-state index contributed by atoms with van der Waals surface area (Å²) in [5, 5.41) is 17.1. The molecule has 3 aromatic rings. The number of nitrogens with zero attached hydrogens (tertiary/aromatic N) is 4. The van der Waals surface area contributed by atoms with Crippen LogP contribution in [0.1, 0.15) is 60.5 Å². The molecule has 2 saturated heterocycles. The molecule has 1 unspecified atom stereocenters. The number of likely N-dealkylation sites (tertiary alicyclic amines) is 1. The number of nitrogens with one attached hydrogen (secondary N) is 1. The Morgan fingerprint density at radius 1 is 1.06 bits per heavy atom. The summed E-state index contributed by atoms with van der Waals surface area (Å²) >= 11 is 0. The van der Waals surface area contributed by atoms with Crippen molar-refractivity contribution in [2.75, 3.05) is 24.5 Å². The van der Waals surface area contributed by atoms with Crippen LogP contribution in [0.2, 0.25) is 0 Å². The first-order chi connectivity index (χ1) is 17.5. The van der Waals surface area contributed by atoms with Gasteiger partial charge in [0.05, 0.1) is 29.4 Å². The van der Waals surface area contributed by atoms with Crippen LogP contribution in [0.25, 0.3) is 5.52 Å². The summed E-state index contributed by atoms with van der Waals surface area (Å²) in [6.45, 7) is 2.25. The highest BCUT2D eigenvalue weighted by atomic mass is 19.1. The Morgan fingerprint density at radius 3 is 2.64 bits per heavy atom. The van der Waals surface area contributed by atoms with Gasteiger partial charge < -0.3 is 15.3 Å². The number of carbonyl (C=O) groups is 1. The molecule has 36 heavy (non-hydrogen) atoms. The quantitative estimate of drug-likeness (QED) is 0.565. The van der Waals surface area contributed by atoms with Gasteiger partial charge in [0.1, 0.15) is 11.6 Å². The topological polar surface area (TPSA) is 73.1 Å². The van der Waals surface area contributed by atoms with Crippen molar-refractivity contribution in [3.63, 3.8) is 0 Å². The molecule has 1 aromatic carbocycles. The fourth-order valence-electron chi connectivity index (χ4n) is 6.13. The monoisotopic (exact) mass is 495 g/mol. The second kappa shape index (κ2) is 9.44. The molecule has 2 aromatic heterocycles. The molecule has 2 aliphatic heterocycles. The van der Waals surface area contributed by atoms with E-state index < -0.39 is 11.6 Å². The number of amides is 1. The van der Waals surface area contributed by atoms with Crippen LogP contribution in [0.3, 0.4) is 0 Å². The molecule has 4 heterocycles. The van der Waals surface area contributed by atoms with Gasteiger partial charge in [-0.15, -0.1) is 0 Å². The lowest BCUT2D eigenvalue weighted by Crippen LogP contribution is -2.56. The second-order valence-corrected chi connectivity index (χ2v) is 10.4. The third-order valence-corrected chi connectivity index (χ3v) is 8.09. The lowest BCUT2D eigenvalue weighted by molar-refractivity contribution is -0.0347. The summed E-state index contributed by atoms with van der Waals surface area (Å²) in [5.74, 6) is -0.988. The number of aromatic nitrogens is 2. The molecular weight excluding hydrogens is 464 g/mol. The van der Waals surface area contributed by atoms with E-state index in [1.807, 2.05) is 18.3 Å². The van der Waals surface area contributed by atoms with Crippen molar-refractivity contribution in [3.05, 3.63) is 65.5 Å². The van der Waals surface area contributed by atoms with Gasteiger partial charge >= 0.3 is 0 Å². The average molecular weight is 496 g/mol. The predicted octanol–water partition coefficient (Wildman–Crippen LogP) is 3.67. The predicted molar refractivity (Wildman–Crippen MR) is 132 cm³/mol. The van der Waals surface area contributed by atoms with Crippen LogP contribution in [0, 0.1) is 11.6 Å². The van der Waals surface area contributed by atoms with E-state index in [0.717, 1.165) is 69.9 Å². The van der Waals surface area contributed by atoms with Crippen LogP contribution in [0.15, 0.2) is 42.7 Å². The number of hydrogen-bond donors (Lipinski definition) is 2. The molecule has 2 N–H and O–H groups in total. The Morgan fingerprint density at radius 2 is 1.86 bits per heavy atom. The maximum atomic E-state index is 14.5. The number of aliphatic hydroxyl groups is 1. The lowest BCUT2D eigenvalue weighted by Gasteiger charge is -2.44. The minimum absolute atomic E-state index is 0.122. The average Bonchev–Trinajstić information content (AvgIpc) is 3.51. The molecule has 3 fully saturated rings. The van der Waals surface area contributed by atoms with Crippen molar-refractivity contribution < 1.29 is 18.7 Å². The first-order valence-electron chi connectivity index (χ1n) is 12.9. The van der Waals surface area contributed by atoms with E-state index in [0.29, 0.717) is 22.7 Å². The molecule has 7 nitrogen and oxygen atoms in total. The third-order valence-electron chi connectivity index (χ3n) is 8.09. The van der Waals surface area contributed by atoms with E-state index >= 15 is 0 Å². The van der Waals surface area contributed by atoms with Crippen LogP contribution in [-0.2, 0) is 0 Å². The zero-order valence-corrected chi connectivity index (χ0v) is 20.1. The van der Waals surface area contributed by atoms with E-state index in [2.05, 4.69) is 20.2 Å². The van der Waals surface area contributed by atoms with Crippen LogP contribution >= 0.6 is 0 Å². The number of anilines is 1. The van der Waals surface area contributed by atoms with Crippen LogP contribution in [-0.4, -0.2) is 63.3 Å². The molecule has 9 heteroatoms. The Labute approximate surface area is 208 Å². The second-order valence-electron chi connectivity index (χ2n) is 10.4. The summed E-state index contributed by atoms with van der Waals surface area (Å²) in [5.41, 5.74) is 2.43. The lowest BCUT2D eigenvalue weighted by atomic mass is 9.88. The number of fused-ring (bicyclic) bond motifs is 1. The molecule has 190 valence electrons. The maximum Gasteiger partial charge on any atom is 0.255 e. The molecule has 0 radical (unpaired) electrons. The zero-order valence-electron chi connectivity index (χ0n) is 20.1. The molecule has 3 aliphatic rings. The fraction of sp³-hybridized carbons (Fsp3) is 0.481. The number of hydrogen-bond acceptors (Lipinski definition) is 5. The Balaban J connectivity index is 1.18. The van der Waals surface area contributed by atoms with Gasteiger partial charge in [0.2, 0.25) is 0 Å². The van der Waals surface area contributed by atoms with Crippen molar-refractivity contribution in [1.82, 2.24) is 19.8 Å². The highest BCUT2D eigenvalue weighted by Crippen LogP contribution is 2.38. The SMILES string of the molecule is O=C(NC1CCC(N2CC(O)C2)CC1)c1cnn2ccc(N3CCCC3c3cc(F)ccc3F)cc12. The Kier molecular flexibility index (Phi) is 6.13. The summed E-state index contributed by atoms with van der Waals surface area (Å²) < 4.78 is 30.1. The van der Waals surface area contributed by atoms with E-state index in [4.69, 9.17) is 0 Å². The molecule has 1 saturated carbocycles. The molecule has 6 rings (SSSR count). The van der Waals surface area contributed by atoms with Gasteiger partial charge in [-0.2, -0.15) is 5.10 Å². The third kappa shape index (κ3) is 4.35. The van der Waals surface area contributed by atoms with Gasteiger partial charge in [-0.25, -0.2) is 13.3 Å². The molecule has 0 bridgehead atoms. The van der Waals surface area contributed by atoms with E-state index in [1.54, 1.807) is 10.7 Å². The van der Waals surface area contributed by atoms with Crippen molar-refractivity contribution in [2.24, 2.45) is 0 Å².